The lowest BCUT2D eigenvalue weighted by Gasteiger charge is -2.35. The average Bonchev–Trinajstić information content (AvgIpc) is 2.69. The summed E-state index contributed by atoms with van der Waals surface area (Å²) >= 11 is 0. The Morgan fingerprint density at radius 1 is 1.04 bits per heavy atom. The van der Waals surface area contributed by atoms with Gasteiger partial charge in [0.05, 0.1) is 13.2 Å². The summed E-state index contributed by atoms with van der Waals surface area (Å²) in [7, 11) is 0. The van der Waals surface area contributed by atoms with Crippen molar-refractivity contribution in [3.8, 4) is 0 Å². The first-order valence-corrected chi connectivity index (χ1v) is 10.9. The van der Waals surface area contributed by atoms with Crippen LogP contribution in [0.3, 0.4) is 0 Å². The van der Waals surface area contributed by atoms with Crippen molar-refractivity contribution in [2.75, 3.05) is 65.6 Å². The second kappa shape index (κ2) is 13.3. The number of morpholine rings is 1. The standard InChI is InChI=1S/C20H41N5O/c1-3-19-9-5-7-13-25(19)14-11-23-20(21-4-2)22-10-6-8-12-24-15-17-26-18-16-24/h19H,3-18H2,1-2H3,(H2,21,22,23). The normalized spacial score (nSPS) is 23.2. The predicted octanol–water partition coefficient (Wildman–Crippen LogP) is 1.92. The molecule has 2 fully saturated rings. The van der Waals surface area contributed by atoms with Crippen molar-refractivity contribution in [2.45, 2.75) is 58.4 Å². The molecule has 0 aromatic carbocycles. The van der Waals surface area contributed by atoms with Gasteiger partial charge in [0, 0.05) is 45.3 Å². The number of ether oxygens (including phenoxy) is 1. The Hall–Kier alpha value is -0.850. The highest BCUT2D eigenvalue weighted by Gasteiger charge is 2.19. The van der Waals surface area contributed by atoms with Crippen molar-refractivity contribution in [2.24, 2.45) is 4.99 Å². The molecule has 2 heterocycles. The summed E-state index contributed by atoms with van der Waals surface area (Å²) in [6.45, 7) is 14.8. The summed E-state index contributed by atoms with van der Waals surface area (Å²) in [5.74, 6) is 0.976. The number of nitrogens with zero attached hydrogens (tertiary/aromatic N) is 3. The molecular formula is C20H41N5O. The molecule has 0 amide bonds. The summed E-state index contributed by atoms with van der Waals surface area (Å²) < 4.78 is 5.40. The monoisotopic (exact) mass is 367 g/mol. The summed E-state index contributed by atoms with van der Waals surface area (Å²) in [5.41, 5.74) is 0. The highest BCUT2D eigenvalue weighted by molar-refractivity contribution is 5.79. The van der Waals surface area contributed by atoms with Gasteiger partial charge in [0.15, 0.2) is 5.96 Å². The Kier molecular flexibility index (Phi) is 11.0. The number of rotatable bonds is 10. The van der Waals surface area contributed by atoms with E-state index in [-0.39, 0.29) is 0 Å². The molecule has 0 bridgehead atoms. The third-order valence-electron chi connectivity index (χ3n) is 5.51. The molecule has 2 N–H and O–H groups in total. The van der Waals surface area contributed by atoms with E-state index in [0.29, 0.717) is 0 Å². The fourth-order valence-electron chi connectivity index (χ4n) is 3.94. The van der Waals surface area contributed by atoms with Crippen LogP contribution < -0.4 is 10.6 Å². The Morgan fingerprint density at radius 2 is 1.88 bits per heavy atom. The van der Waals surface area contributed by atoms with E-state index in [1.54, 1.807) is 0 Å². The van der Waals surface area contributed by atoms with E-state index in [4.69, 9.17) is 9.73 Å². The van der Waals surface area contributed by atoms with Gasteiger partial charge in [-0.1, -0.05) is 13.3 Å². The minimum atomic E-state index is 0.783. The van der Waals surface area contributed by atoms with Crippen molar-refractivity contribution in [1.82, 2.24) is 20.4 Å². The zero-order chi connectivity index (χ0) is 18.5. The molecule has 152 valence electrons. The molecule has 6 heteroatoms. The van der Waals surface area contributed by atoms with E-state index in [1.165, 1.54) is 45.2 Å². The van der Waals surface area contributed by atoms with E-state index < -0.39 is 0 Å². The lowest BCUT2D eigenvalue weighted by atomic mass is 10.0. The Morgan fingerprint density at radius 3 is 2.65 bits per heavy atom. The Labute approximate surface area is 160 Å². The fourth-order valence-corrected chi connectivity index (χ4v) is 3.94. The lowest BCUT2D eigenvalue weighted by molar-refractivity contribution is 0.0373. The number of aliphatic imine (C=N–C) groups is 1. The van der Waals surface area contributed by atoms with Crippen LogP contribution >= 0.6 is 0 Å². The molecular weight excluding hydrogens is 326 g/mol. The molecule has 0 aromatic rings. The highest BCUT2D eigenvalue weighted by atomic mass is 16.5. The maximum Gasteiger partial charge on any atom is 0.191 e. The first-order chi connectivity index (χ1) is 12.8. The van der Waals surface area contributed by atoms with Gasteiger partial charge in [-0.05, 0) is 52.1 Å². The fraction of sp³-hybridized carbons (Fsp3) is 0.950. The van der Waals surface area contributed by atoms with Crippen LogP contribution in [-0.4, -0.2) is 87.4 Å². The van der Waals surface area contributed by atoms with Crippen LogP contribution in [0.5, 0.6) is 0 Å². The summed E-state index contributed by atoms with van der Waals surface area (Å²) in [5, 5.41) is 6.90. The van der Waals surface area contributed by atoms with Crippen LogP contribution in [0.25, 0.3) is 0 Å². The molecule has 0 spiro atoms. The van der Waals surface area contributed by atoms with Crippen molar-refractivity contribution in [1.29, 1.82) is 0 Å². The number of piperidine rings is 1. The van der Waals surface area contributed by atoms with E-state index in [0.717, 1.165) is 70.9 Å². The van der Waals surface area contributed by atoms with Crippen LogP contribution in [-0.2, 0) is 4.74 Å². The summed E-state index contributed by atoms with van der Waals surface area (Å²) in [4.78, 5) is 9.91. The highest BCUT2D eigenvalue weighted by Crippen LogP contribution is 2.18. The molecule has 0 saturated carbocycles. The van der Waals surface area contributed by atoms with Crippen LogP contribution in [0, 0.1) is 0 Å². The molecule has 0 aliphatic carbocycles. The largest absolute Gasteiger partial charge is 0.379 e. The molecule has 2 aliphatic rings. The maximum absolute atomic E-state index is 5.40. The average molecular weight is 368 g/mol. The van der Waals surface area contributed by atoms with Crippen LogP contribution in [0.2, 0.25) is 0 Å². The lowest BCUT2D eigenvalue weighted by Crippen LogP contribution is -2.46. The van der Waals surface area contributed by atoms with Gasteiger partial charge in [-0.25, -0.2) is 0 Å². The Balaban J connectivity index is 1.60. The van der Waals surface area contributed by atoms with Gasteiger partial charge in [0.25, 0.3) is 0 Å². The third kappa shape index (κ3) is 8.23. The molecule has 6 nitrogen and oxygen atoms in total. The third-order valence-corrected chi connectivity index (χ3v) is 5.51. The summed E-state index contributed by atoms with van der Waals surface area (Å²) in [6.07, 6.45) is 7.77. The van der Waals surface area contributed by atoms with Gasteiger partial charge >= 0.3 is 0 Å². The zero-order valence-corrected chi connectivity index (χ0v) is 17.1. The van der Waals surface area contributed by atoms with Crippen molar-refractivity contribution >= 4 is 5.96 Å². The van der Waals surface area contributed by atoms with Crippen molar-refractivity contribution < 1.29 is 4.74 Å². The first-order valence-electron chi connectivity index (χ1n) is 10.9. The second-order valence-corrected chi connectivity index (χ2v) is 7.44. The number of unbranched alkanes of at least 4 members (excludes halogenated alkanes) is 1. The SMILES string of the molecule is CCNC(=NCCCCN1CCOCC1)NCCN1CCCCC1CC. The van der Waals surface area contributed by atoms with Gasteiger partial charge in [-0.15, -0.1) is 0 Å². The summed E-state index contributed by atoms with van der Waals surface area (Å²) in [6, 6.07) is 0.783. The molecule has 2 saturated heterocycles. The van der Waals surface area contributed by atoms with Crippen LogP contribution in [0.4, 0.5) is 0 Å². The maximum atomic E-state index is 5.40. The second-order valence-electron chi connectivity index (χ2n) is 7.44. The molecule has 0 radical (unpaired) electrons. The molecule has 2 aliphatic heterocycles. The van der Waals surface area contributed by atoms with Crippen LogP contribution in [0.1, 0.15) is 52.4 Å². The molecule has 2 rings (SSSR count). The van der Waals surface area contributed by atoms with E-state index >= 15 is 0 Å². The van der Waals surface area contributed by atoms with Gasteiger partial charge in [-0.2, -0.15) is 0 Å². The first kappa shape index (κ1) is 21.5. The topological polar surface area (TPSA) is 52.1 Å². The number of guanidine groups is 1. The van der Waals surface area contributed by atoms with Gasteiger partial charge in [0.1, 0.15) is 0 Å². The molecule has 0 aromatic heterocycles. The van der Waals surface area contributed by atoms with Crippen LogP contribution in [0.15, 0.2) is 4.99 Å². The smallest absolute Gasteiger partial charge is 0.191 e. The van der Waals surface area contributed by atoms with Gasteiger partial charge in [0.2, 0.25) is 0 Å². The predicted molar refractivity (Wildman–Crippen MR) is 110 cm³/mol. The minimum absolute atomic E-state index is 0.783. The van der Waals surface area contributed by atoms with E-state index in [2.05, 4.69) is 34.3 Å². The minimum Gasteiger partial charge on any atom is -0.379 e. The number of nitrogens with one attached hydrogen (secondary N) is 2. The number of hydrogen-bond donors (Lipinski definition) is 2. The van der Waals surface area contributed by atoms with Crippen molar-refractivity contribution in [3.05, 3.63) is 0 Å². The van der Waals surface area contributed by atoms with Gasteiger partial charge < -0.3 is 15.4 Å². The number of hydrogen-bond acceptors (Lipinski definition) is 4. The zero-order valence-electron chi connectivity index (χ0n) is 17.1. The van der Waals surface area contributed by atoms with E-state index in [9.17, 15) is 0 Å². The van der Waals surface area contributed by atoms with Gasteiger partial charge in [-0.3, -0.25) is 14.8 Å². The van der Waals surface area contributed by atoms with E-state index in [1.807, 2.05) is 0 Å². The quantitative estimate of drug-likeness (QED) is 0.351. The molecule has 1 atom stereocenters. The molecule has 26 heavy (non-hydrogen) atoms. The molecule has 1 unspecified atom stereocenters. The Bertz CT molecular complexity index is 384. The number of likely N-dealkylation sites (tertiary alicyclic amines) is 1. The van der Waals surface area contributed by atoms with Crippen molar-refractivity contribution in [3.63, 3.8) is 0 Å².